The molecule has 0 bridgehead atoms. The van der Waals surface area contributed by atoms with E-state index < -0.39 is 0 Å². The molecule has 0 unspecified atom stereocenters. The third kappa shape index (κ3) is 5.99. The Labute approximate surface area is 121 Å². The Morgan fingerprint density at radius 1 is 1.10 bits per heavy atom. The van der Waals surface area contributed by atoms with Gasteiger partial charge >= 0.3 is 0 Å². The van der Waals surface area contributed by atoms with E-state index in [0.717, 1.165) is 44.5 Å². The number of amides is 1. The second-order valence-electron chi connectivity index (χ2n) is 4.93. The first-order chi connectivity index (χ1) is 9.67. The Hall–Kier alpha value is -1.65. The Morgan fingerprint density at radius 3 is 2.55 bits per heavy atom. The van der Waals surface area contributed by atoms with Gasteiger partial charge in [0.15, 0.2) is 0 Å². The molecular weight excluding hydrogens is 252 g/mol. The smallest absolute Gasteiger partial charge is 0.270 e. The van der Waals surface area contributed by atoms with Crippen LogP contribution in [0.5, 0.6) is 0 Å². The van der Waals surface area contributed by atoms with Crippen LogP contribution in [0.4, 0.5) is 5.82 Å². The fourth-order valence-corrected chi connectivity index (χ4v) is 1.84. The van der Waals surface area contributed by atoms with Crippen molar-refractivity contribution >= 4 is 11.7 Å². The summed E-state index contributed by atoms with van der Waals surface area (Å²) in [6, 6.07) is 1.72. The molecule has 5 heteroatoms. The predicted octanol–water partition coefficient (Wildman–Crippen LogP) is 2.92. The van der Waals surface area contributed by atoms with E-state index >= 15 is 0 Å². The number of anilines is 1. The Morgan fingerprint density at radius 2 is 1.85 bits per heavy atom. The summed E-state index contributed by atoms with van der Waals surface area (Å²) in [5, 5.41) is 6.13. The van der Waals surface area contributed by atoms with E-state index in [1.807, 2.05) is 0 Å². The van der Waals surface area contributed by atoms with Gasteiger partial charge in [-0.25, -0.2) is 9.97 Å². The van der Waals surface area contributed by atoms with Crippen molar-refractivity contribution in [3.05, 3.63) is 17.6 Å². The SMILES string of the molecule is CCCCCNC(=O)c1cc(NCCCC)nc(C)n1. The van der Waals surface area contributed by atoms with Gasteiger partial charge in [0.2, 0.25) is 0 Å². The highest BCUT2D eigenvalue weighted by molar-refractivity contribution is 5.92. The van der Waals surface area contributed by atoms with E-state index in [9.17, 15) is 4.79 Å². The van der Waals surface area contributed by atoms with Crippen molar-refractivity contribution in [1.82, 2.24) is 15.3 Å². The van der Waals surface area contributed by atoms with Gasteiger partial charge < -0.3 is 10.6 Å². The van der Waals surface area contributed by atoms with Gasteiger partial charge in [0.05, 0.1) is 0 Å². The van der Waals surface area contributed by atoms with E-state index in [-0.39, 0.29) is 5.91 Å². The third-order valence-electron chi connectivity index (χ3n) is 2.97. The quantitative estimate of drug-likeness (QED) is 0.682. The van der Waals surface area contributed by atoms with Crippen LogP contribution in [0.25, 0.3) is 0 Å². The number of carbonyl (C=O) groups is 1. The molecule has 0 saturated carbocycles. The number of carbonyl (C=O) groups excluding carboxylic acids is 1. The highest BCUT2D eigenvalue weighted by atomic mass is 16.1. The van der Waals surface area contributed by atoms with Gasteiger partial charge in [0.1, 0.15) is 17.3 Å². The van der Waals surface area contributed by atoms with Crippen molar-refractivity contribution in [2.75, 3.05) is 18.4 Å². The van der Waals surface area contributed by atoms with Crippen LogP contribution in [-0.2, 0) is 0 Å². The number of rotatable bonds is 9. The average Bonchev–Trinajstić information content (AvgIpc) is 2.43. The highest BCUT2D eigenvalue weighted by Gasteiger charge is 2.09. The zero-order valence-electron chi connectivity index (χ0n) is 12.8. The zero-order chi connectivity index (χ0) is 14.8. The summed E-state index contributed by atoms with van der Waals surface area (Å²) in [6.45, 7) is 7.66. The zero-order valence-corrected chi connectivity index (χ0v) is 12.8. The number of aromatic nitrogens is 2. The Balaban J connectivity index is 2.57. The molecule has 112 valence electrons. The van der Waals surface area contributed by atoms with E-state index in [1.165, 1.54) is 0 Å². The summed E-state index contributed by atoms with van der Waals surface area (Å²) in [6.07, 6.45) is 5.50. The number of aryl methyl sites for hydroxylation is 1. The van der Waals surface area contributed by atoms with Gasteiger partial charge in [0, 0.05) is 19.2 Å². The highest BCUT2D eigenvalue weighted by Crippen LogP contribution is 2.07. The molecule has 0 aromatic carbocycles. The molecule has 2 N–H and O–H groups in total. The van der Waals surface area contributed by atoms with Gasteiger partial charge in [-0.1, -0.05) is 33.1 Å². The van der Waals surface area contributed by atoms with Crippen LogP contribution in [0.3, 0.4) is 0 Å². The van der Waals surface area contributed by atoms with E-state index in [4.69, 9.17) is 0 Å². The second kappa shape index (κ2) is 9.28. The summed E-state index contributed by atoms with van der Waals surface area (Å²) < 4.78 is 0. The molecule has 1 aromatic heterocycles. The average molecular weight is 278 g/mol. The van der Waals surface area contributed by atoms with Crippen LogP contribution in [-0.4, -0.2) is 29.0 Å². The summed E-state index contributed by atoms with van der Waals surface area (Å²) in [7, 11) is 0. The fourth-order valence-electron chi connectivity index (χ4n) is 1.84. The number of unbranched alkanes of at least 4 members (excludes halogenated alkanes) is 3. The minimum Gasteiger partial charge on any atom is -0.370 e. The summed E-state index contributed by atoms with van der Waals surface area (Å²) in [5.41, 5.74) is 0.438. The minimum atomic E-state index is -0.120. The molecule has 20 heavy (non-hydrogen) atoms. The molecular formula is C15H26N4O. The van der Waals surface area contributed by atoms with Crippen molar-refractivity contribution in [1.29, 1.82) is 0 Å². The molecule has 1 heterocycles. The molecule has 1 rings (SSSR count). The minimum absolute atomic E-state index is 0.120. The molecule has 0 atom stereocenters. The first kappa shape index (κ1) is 16.4. The maximum absolute atomic E-state index is 12.0. The number of nitrogens with zero attached hydrogens (tertiary/aromatic N) is 2. The van der Waals surface area contributed by atoms with Gasteiger partial charge in [0.25, 0.3) is 5.91 Å². The van der Waals surface area contributed by atoms with Gasteiger partial charge in [-0.2, -0.15) is 0 Å². The van der Waals surface area contributed by atoms with Gasteiger partial charge in [-0.05, 0) is 19.8 Å². The van der Waals surface area contributed by atoms with E-state index in [0.29, 0.717) is 18.1 Å². The number of hydrogen-bond donors (Lipinski definition) is 2. The molecule has 5 nitrogen and oxygen atoms in total. The molecule has 0 spiro atoms. The topological polar surface area (TPSA) is 66.9 Å². The van der Waals surface area contributed by atoms with E-state index in [2.05, 4.69) is 34.4 Å². The molecule has 1 amide bonds. The third-order valence-corrected chi connectivity index (χ3v) is 2.97. The largest absolute Gasteiger partial charge is 0.370 e. The van der Waals surface area contributed by atoms with Crippen molar-refractivity contribution < 1.29 is 4.79 Å². The molecule has 0 aliphatic carbocycles. The molecule has 0 aliphatic heterocycles. The maximum atomic E-state index is 12.0. The molecule has 0 fully saturated rings. The van der Waals surface area contributed by atoms with Crippen LogP contribution in [0.15, 0.2) is 6.07 Å². The lowest BCUT2D eigenvalue weighted by Crippen LogP contribution is -2.26. The predicted molar refractivity (Wildman–Crippen MR) is 82.0 cm³/mol. The molecule has 0 radical (unpaired) electrons. The number of nitrogens with one attached hydrogen (secondary N) is 2. The van der Waals surface area contributed by atoms with E-state index in [1.54, 1.807) is 13.0 Å². The van der Waals surface area contributed by atoms with Crippen molar-refractivity contribution in [2.24, 2.45) is 0 Å². The Bertz CT molecular complexity index is 420. The lowest BCUT2D eigenvalue weighted by molar-refractivity contribution is 0.0947. The maximum Gasteiger partial charge on any atom is 0.270 e. The summed E-state index contributed by atoms with van der Waals surface area (Å²) >= 11 is 0. The summed E-state index contributed by atoms with van der Waals surface area (Å²) in [4.78, 5) is 20.5. The van der Waals surface area contributed by atoms with Gasteiger partial charge in [-0.15, -0.1) is 0 Å². The first-order valence-corrected chi connectivity index (χ1v) is 7.55. The number of hydrogen-bond acceptors (Lipinski definition) is 4. The Kier molecular flexibility index (Phi) is 7.62. The fraction of sp³-hybridized carbons (Fsp3) is 0.667. The second-order valence-corrected chi connectivity index (χ2v) is 4.93. The van der Waals surface area contributed by atoms with Crippen LogP contribution in [0, 0.1) is 6.92 Å². The first-order valence-electron chi connectivity index (χ1n) is 7.55. The van der Waals surface area contributed by atoms with Crippen LogP contribution in [0.1, 0.15) is 62.3 Å². The molecule has 1 aromatic rings. The molecule has 0 saturated heterocycles. The normalized spacial score (nSPS) is 10.3. The van der Waals surface area contributed by atoms with Gasteiger partial charge in [-0.3, -0.25) is 4.79 Å². The lowest BCUT2D eigenvalue weighted by atomic mass is 10.2. The standard InChI is InChI=1S/C15H26N4O/c1-4-6-8-10-17-15(20)13-11-14(16-9-7-5-2)19-12(3)18-13/h11H,4-10H2,1-3H3,(H,17,20)(H,16,18,19). The van der Waals surface area contributed by atoms with Crippen LogP contribution in [0.2, 0.25) is 0 Å². The van der Waals surface area contributed by atoms with Crippen LogP contribution >= 0.6 is 0 Å². The monoisotopic (exact) mass is 278 g/mol. The van der Waals surface area contributed by atoms with Crippen molar-refractivity contribution in [3.63, 3.8) is 0 Å². The van der Waals surface area contributed by atoms with Crippen molar-refractivity contribution in [3.8, 4) is 0 Å². The lowest BCUT2D eigenvalue weighted by Gasteiger charge is -2.08. The van der Waals surface area contributed by atoms with Crippen LogP contribution < -0.4 is 10.6 Å². The molecule has 0 aliphatic rings. The van der Waals surface area contributed by atoms with Crippen molar-refractivity contribution in [2.45, 2.75) is 52.9 Å². The summed E-state index contributed by atoms with van der Waals surface area (Å²) in [5.74, 6) is 1.22.